The van der Waals surface area contributed by atoms with E-state index < -0.39 is 0 Å². The van der Waals surface area contributed by atoms with E-state index in [4.69, 9.17) is 0 Å². The average molecular weight is 217 g/mol. The normalized spacial score (nSPS) is 11.0. The Labute approximate surface area is 94.4 Å². The second kappa shape index (κ2) is 4.00. The highest BCUT2D eigenvalue weighted by Crippen LogP contribution is 2.25. The molecule has 1 N–H and O–H groups in total. The number of carbonyl (C=O) groups excluding carboxylic acids is 1. The lowest BCUT2D eigenvalue weighted by molar-refractivity contribution is 0.0601. The van der Waals surface area contributed by atoms with Gasteiger partial charge in [-0.15, -0.1) is 0 Å². The summed E-state index contributed by atoms with van der Waals surface area (Å²) in [6.07, 6.45) is 2.00. The third-order valence-corrected chi connectivity index (χ3v) is 2.76. The van der Waals surface area contributed by atoms with Crippen molar-refractivity contribution in [1.29, 1.82) is 0 Å². The number of carbonyl (C=O) groups is 1. The molecule has 0 spiro atoms. The van der Waals surface area contributed by atoms with Gasteiger partial charge in [0.25, 0.3) is 0 Å². The highest BCUT2D eigenvalue weighted by Gasteiger charge is 2.10. The van der Waals surface area contributed by atoms with E-state index >= 15 is 0 Å². The molecule has 0 atom stereocenters. The van der Waals surface area contributed by atoms with E-state index in [2.05, 4.69) is 23.6 Å². The van der Waals surface area contributed by atoms with E-state index in [1.54, 1.807) is 6.07 Å². The van der Waals surface area contributed by atoms with Crippen LogP contribution in [0.25, 0.3) is 10.9 Å². The summed E-state index contributed by atoms with van der Waals surface area (Å²) in [4.78, 5) is 14.5. The first kappa shape index (κ1) is 10.7. The largest absolute Gasteiger partial charge is 0.465 e. The van der Waals surface area contributed by atoms with Crippen molar-refractivity contribution in [2.24, 2.45) is 0 Å². The van der Waals surface area contributed by atoms with Gasteiger partial charge in [0, 0.05) is 17.1 Å². The van der Waals surface area contributed by atoms with E-state index in [0.29, 0.717) is 11.5 Å². The molecule has 0 amide bonds. The van der Waals surface area contributed by atoms with Gasteiger partial charge in [-0.3, -0.25) is 0 Å². The summed E-state index contributed by atoms with van der Waals surface area (Å²) in [5.74, 6) is 0.167. The summed E-state index contributed by atoms with van der Waals surface area (Å²) >= 11 is 0. The van der Waals surface area contributed by atoms with Crippen molar-refractivity contribution in [3.8, 4) is 0 Å². The highest BCUT2D eigenvalue weighted by atomic mass is 16.5. The van der Waals surface area contributed by atoms with E-state index in [9.17, 15) is 4.79 Å². The number of aromatic amines is 1. The van der Waals surface area contributed by atoms with Gasteiger partial charge < -0.3 is 9.72 Å². The number of esters is 1. The lowest BCUT2D eigenvalue weighted by atomic mass is 10.0. The molecule has 0 unspecified atom stereocenters. The zero-order valence-corrected chi connectivity index (χ0v) is 9.70. The number of benzene rings is 1. The van der Waals surface area contributed by atoms with Gasteiger partial charge in [0.1, 0.15) is 0 Å². The topological polar surface area (TPSA) is 42.1 Å². The van der Waals surface area contributed by atoms with E-state index in [-0.39, 0.29) is 5.97 Å². The second-order valence-electron chi connectivity index (χ2n) is 4.15. The molecule has 1 aromatic carbocycles. The number of hydrogen-bond acceptors (Lipinski definition) is 2. The Morgan fingerprint density at radius 2 is 2.12 bits per heavy atom. The fourth-order valence-electron chi connectivity index (χ4n) is 1.87. The van der Waals surface area contributed by atoms with Crippen molar-refractivity contribution >= 4 is 16.9 Å². The molecule has 3 nitrogen and oxygen atoms in total. The molecule has 0 fully saturated rings. The number of H-pyrrole nitrogens is 1. The van der Waals surface area contributed by atoms with Gasteiger partial charge in [-0.05, 0) is 23.6 Å². The van der Waals surface area contributed by atoms with Gasteiger partial charge in [0.2, 0.25) is 0 Å². The third-order valence-electron chi connectivity index (χ3n) is 2.76. The van der Waals surface area contributed by atoms with Crippen LogP contribution in [0.4, 0.5) is 0 Å². The maximum absolute atomic E-state index is 11.4. The third kappa shape index (κ3) is 1.69. The summed E-state index contributed by atoms with van der Waals surface area (Å²) in [5, 5.41) is 1.17. The Morgan fingerprint density at radius 3 is 2.75 bits per heavy atom. The molecular weight excluding hydrogens is 202 g/mol. The van der Waals surface area contributed by atoms with Crippen molar-refractivity contribution in [2.75, 3.05) is 7.11 Å². The highest BCUT2D eigenvalue weighted by molar-refractivity contribution is 5.95. The van der Waals surface area contributed by atoms with Crippen LogP contribution in [0, 0.1) is 0 Å². The van der Waals surface area contributed by atoms with Crippen LogP contribution in [0.1, 0.15) is 35.7 Å². The van der Waals surface area contributed by atoms with Crippen LogP contribution in [0.5, 0.6) is 0 Å². The number of methoxy groups -OCH3 is 1. The lowest BCUT2D eigenvalue weighted by Crippen LogP contribution is -2.00. The number of hydrogen-bond donors (Lipinski definition) is 1. The van der Waals surface area contributed by atoms with Crippen LogP contribution < -0.4 is 0 Å². The summed E-state index contributed by atoms with van der Waals surface area (Å²) in [6, 6.07) is 5.59. The Balaban J connectivity index is 2.53. The van der Waals surface area contributed by atoms with Crippen LogP contribution in [0.15, 0.2) is 24.4 Å². The number of fused-ring (bicyclic) bond motifs is 1. The van der Waals surface area contributed by atoms with E-state index in [1.165, 1.54) is 18.1 Å². The minimum absolute atomic E-state index is 0.303. The molecule has 1 heterocycles. The van der Waals surface area contributed by atoms with E-state index in [0.717, 1.165) is 5.52 Å². The molecule has 16 heavy (non-hydrogen) atoms. The van der Waals surface area contributed by atoms with Crippen LogP contribution in [-0.4, -0.2) is 18.1 Å². The first-order valence-electron chi connectivity index (χ1n) is 5.33. The zero-order chi connectivity index (χ0) is 11.7. The SMILES string of the molecule is COC(=O)c1ccc2c(C(C)C)c[nH]c2c1. The lowest BCUT2D eigenvalue weighted by Gasteiger charge is -2.03. The smallest absolute Gasteiger partial charge is 0.337 e. The van der Waals surface area contributed by atoms with Gasteiger partial charge in [-0.1, -0.05) is 19.9 Å². The Bertz CT molecular complexity index is 526. The molecular formula is C13H15NO2. The molecule has 2 rings (SSSR count). The number of rotatable bonds is 2. The predicted octanol–water partition coefficient (Wildman–Crippen LogP) is 3.08. The van der Waals surface area contributed by atoms with Crippen LogP contribution in [-0.2, 0) is 4.74 Å². The molecule has 84 valence electrons. The van der Waals surface area contributed by atoms with Crippen LogP contribution >= 0.6 is 0 Å². The second-order valence-corrected chi connectivity index (χ2v) is 4.15. The van der Waals surface area contributed by atoms with Crippen molar-refractivity contribution in [1.82, 2.24) is 4.98 Å². The zero-order valence-electron chi connectivity index (χ0n) is 9.70. The molecule has 0 saturated carbocycles. The monoisotopic (exact) mass is 217 g/mol. The van der Waals surface area contributed by atoms with Crippen molar-refractivity contribution in [3.63, 3.8) is 0 Å². The fourth-order valence-corrected chi connectivity index (χ4v) is 1.87. The summed E-state index contributed by atoms with van der Waals surface area (Å²) in [7, 11) is 1.39. The minimum atomic E-state index is -0.303. The van der Waals surface area contributed by atoms with Gasteiger partial charge in [-0.25, -0.2) is 4.79 Å². The van der Waals surface area contributed by atoms with E-state index in [1.807, 2.05) is 18.3 Å². The standard InChI is InChI=1S/C13H15NO2/c1-8(2)11-7-14-12-6-9(13(15)16-3)4-5-10(11)12/h4-8,14H,1-3H3. The Hall–Kier alpha value is -1.77. The van der Waals surface area contributed by atoms with Gasteiger partial charge in [0.15, 0.2) is 0 Å². The molecule has 0 radical (unpaired) electrons. The number of ether oxygens (including phenoxy) is 1. The predicted molar refractivity (Wildman–Crippen MR) is 63.7 cm³/mol. The van der Waals surface area contributed by atoms with Gasteiger partial charge in [0.05, 0.1) is 12.7 Å². The Morgan fingerprint density at radius 1 is 1.38 bits per heavy atom. The first-order valence-corrected chi connectivity index (χ1v) is 5.33. The molecule has 1 aromatic heterocycles. The first-order chi connectivity index (χ1) is 7.63. The van der Waals surface area contributed by atoms with Crippen molar-refractivity contribution < 1.29 is 9.53 Å². The van der Waals surface area contributed by atoms with Crippen molar-refractivity contribution in [3.05, 3.63) is 35.5 Å². The van der Waals surface area contributed by atoms with Gasteiger partial charge in [-0.2, -0.15) is 0 Å². The fraction of sp³-hybridized carbons (Fsp3) is 0.308. The number of nitrogens with one attached hydrogen (secondary N) is 1. The maximum atomic E-state index is 11.4. The number of aromatic nitrogens is 1. The van der Waals surface area contributed by atoms with Crippen molar-refractivity contribution in [2.45, 2.75) is 19.8 Å². The quantitative estimate of drug-likeness (QED) is 0.785. The molecule has 0 saturated heterocycles. The van der Waals surface area contributed by atoms with Gasteiger partial charge >= 0.3 is 5.97 Å². The summed E-state index contributed by atoms with van der Waals surface area (Å²) < 4.78 is 4.69. The summed E-state index contributed by atoms with van der Waals surface area (Å²) in [5.41, 5.74) is 2.82. The minimum Gasteiger partial charge on any atom is -0.465 e. The molecule has 0 aliphatic heterocycles. The van der Waals surface area contributed by atoms with Crippen LogP contribution in [0.3, 0.4) is 0 Å². The molecule has 0 bridgehead atoms. The maximum Gasteiger partial charge on any atom is 0.337 e. The molecule has 2 aromatic rings. The molecule has 3 heteroatoms. The molecule has 0 aliphatic carbocycles. The molecule has 0 aliphatic rings. The average Bonchev–Trinajstić information content (AvgIpc) is 2.70. The summed E-state index contributed by atoms with van der Waals surface area (Å²) in [6.45, 7) is 4.30. The Kier molecular flexibility index (Phi) is 2.69. The van der Waals surface area contributed by atoms with Crippen LogP contribution in [0.2, 0.25) is 0 Å².